The average Bonchev–Trinajstić information content (AvgIpc) is 3.51. The summed E-state index contributed by atoms with van der Waals surface area (Å²) in [5, 5.41) is 8.66. The highest BCUT2D eigenvalue weighted by molar-refractivity contribution is 7.18. The van der Waals surface area contributed by atoms with Crippen molar-refractivity contribution in [2.45, 2.75) is 32.7 Å². The van der Waals surface area contributed by atoms with Gasteiger partial charge in [0.15, 0.2) is 5.76 Å². The van der Waals surface area contributed by atoms with Crippen molar-refractivity contribution in [2.24, 2.45) is 5.92 Å². The number of hydrogen-bond acceptors (Lipinski definition) is 6. The number of thiophene rings is 2. The summed E-state index contributed by atoms with van der Waals surface area (Å²) in [5.41, 5.74) is 0.844. The summed E-state index contributed by atoms with van der Waals surface area (Å²) in [6.07, 6.45) is 3.84. The second-order valence-corrected chi connectivity index (χ2v) is 10.0. The third kappa shape index (κ3) is 5.26. The fourth-order valence-corrected chi connectivity index (χ4v) is 5.70. The molecule has 3 aromatic heterocycles. The third-order valence-electron chi connectivity index (χ3n) is 5.69. The van der Waals surface area contributed by atoms with Gasteiger partial charge in [-0.2, -0.15) is 0 Å². The Bertz CT molecular complexity index is 1000. The molecule has 0 aromatic carbocycles. The maximum Gasteiger partial charge on any atom is 0.291 e. The first-order valence-corrected chi connectivity index (χ1v) is 12.2. The van der Waals surface area contributed by atoms with E-state index in [9.17, 15) is 9.59 Å². The average molecular weight is 458 g/mol. The first-order valence-electron chi connectivity index (χ1n) is 10.5. The van der Waals surface area contributed by atoms with E-state index in [1.54, 1.807) is 23.5 Å². The number of rotatable bonds is 7. The Balaban J connectivity index is 1.41. The normalized spacial score (nSPS) is 16.2. The van der Waals surface area contributed by atoms with Crippen LogP contribution in [-0.2, 0) is 0 Å². The standard InChI is InChI=1S/C23H27N3O3S2/c1-15-7-9-26(10-8-15)17(19-6-4-12-30-19)14-24-23(28)21-16(2)13-20(31-21)25-22(27)18-5-3-11-29-18/h3-6,11-13,15,17H,7-10,14H2,1-2H3,(H,24,28)(H,25,27)/t17-/m0/s1. The maximum absolute atomic E-state index is 13.0. The van der Waals surface area contributed by atoms with E-state index in [1.807, 2.05) is 13.0 Å². The molecular weight excluding hydrogens is 430 g/mol. The number of furan rings is 1. The SMILES string of the molecule is Cc1cc(NC(=O)c2ccco2)sc1C(=O)NC[C@@H](c1cccs1)N1CCC(C)CC1. The summed E-state index contributed by atoms with van der Waals surface area (Å²) >= 11 is 3.02. The monoisotopic (exact) mass is 457 g/mol. The Morgan fingerprint density at radius 1 is 1.23 bits per heavy atom. The minimum atomic E-state index is -0.324. The molecule has 0 spiro atoms. The van der Waals surface area contributed by atoms with E-state index in [-0.39, 0.29) is 23.6 Å². The molecule has 6 nitrogen and oxygen atoms in total. The lowest BCUT2D eigenvalue weighted by Gasteiger charge is -2.36. The van der Waals surface area contributed by atoms with Crippen LogP contribution in [-0.4, -0.2) is 36.3 Å². The predicted octanol–water partition coefficient (Wildman–Crippen LogP) is 5.17. The molecular formula is C23H27N3O3S2. The van der Waals surface area contributed by atoms with Crippen LogP contribution in [0.3, 0.4) is 0 Å². The molecule has 4 heterocycles. The fourth-order valence-electron chi connectivity index (χ4n) is 3.85. The van der Waals surface area contributed by atoms with Crippen LogP contribution in [0.5, 0.6) is 0 Å². The topological polar surface area (TPSA) is 74.6 Å². The number of likely N-dealkylation sites (tertiary alicyclic amines) is 1. The first kappa shape index (κ1) is 21.8. The molecule has 1 atom stereocenters. The van der Waals surface area contributed by atoms with Crippen molar-refractivity contribution >= 4 is 39.5 Å². The molecule has 4 rings (SSSR count). The number of piperidine rings is 1. The van der Waals surface area contributed by atoms with Crippen molar-refractivity contribution in [1.29, 1.82) is 0 Å². The predicted molar refractivity (Wildman–Crippen MR) is 125 cm³/mol. The Labute approximate surface area is 190 Å². The molecule has 8 heteroatoms. The fraction of sp³-hybridized carbons (Fsp3) is 0.391. The molecule has 0 unspecified atom stereocenters. The van der Waals surface area contributed by atoms with Crippen molar-refractivity contribution in [3.63, 3.8) is 0 Å². The Kier molecular flexibility index (Phi) is 6.89. The molecule has 1 saturated heterocycles. The van der Waals surface area contributed by atoms with Crippen LogP contribution >= 0.6 is 22.7 Å². The van der Waals surface area contributed by atoms with Gasteiger partial charge in [0.05, 0.1) is 22.2 Å². The highest BCUT2D eigenvalue weighted by atomic mass is 32.1. The molecule has 0 saturated carbocycles. The summed E-state index contributed by atoms with van der Waals surface area (Å²) in [7, 11) is 0. The molecule has 3 aromatic rings. The molecule has 2 N–H and O–H groups in total. The minimum absolute atomic E-state index is 0.104. The van der Waals surface area contributed by atoms with Gasteiger partial charge in [0.2, 0.25) is 0 Å². The van der Waals surface area contributed by atoms with Gasteiger partial charge in [-0.05, 0) is 74.0 Å². The number of carbonyl (C=O) groups is 2. The van der Waals surface area contributed by atoms with Gasteiger partial charge < -0.3 is 15.1 Å². The molecule has 31 heavy (non-hydrogen) atoms. The second kappa shape index (κ2) is 9.80. The maximum atomic E-state index is 13.0. The van der Waals surface area contributed by atoms with Crippen LogP contribution < -0.4 is 10.6 Å². The molecule has 0 aliphatic carbocycles. The Morgan fingerprint density at radius 2 is 2.03 bits per heavy atom. The van der Waals surface area contributed by atoms with Gasteiger partial charge in [0.1, 0.15) is 0 Å². The number of hydrogen-bond donors (Lipinski definition) is 2. The van der Waals surface area contributed by atoms with E-state index in [1.165, 1.54) is 35.3 Å². The molecule has 0 radical (unpaired) electrons. The van der Waals surface area contributed by atoms with Crippen molar-refractivity contribution in [3.8, 4) is 0 Å². The van der Waals surface area contributed by atoms with Gasteiger partial charge in [0.25, 0.3) is 11.8 Å². The van der Waals surface area contributed by atoms with Crippen LogP contribution in [0.2, 0.25) is 0 Å². The van der Waals surface area contributed by atoms with E-state index in [0.717, 1.165) is 24.6 Å². The van der Waals surface area contributed by atoms with Crippen LogP contribution in [0.4, 0.5) is 5.00 Å². The summed E-state index contributed by atoms with van der Waals surface area (Å²) in [4.78, 5) is 29.5. The van der Waals surface area contributed by atoms with Crippen LogP contribution in [0, 0.1) is 12.8 Å². The second-order valence-electron chi connectivity index (χ2n) is 8.01. The quantitative estimate of drug-likeness (QED) is 0.513. The van der Waals surface area contributed by atoms with Gasteiger partial charge in [-0.15, -0.1) is 22.7 Å². The first-order chi connectivity index (χ1) is 15.0. The van der Waals surface area contributed by atoms with E-state index >= 15 is 0 Å². The van der Waals surface area contributed by atoms with Crippen molar-refractivity contribution in [2.75, 3.05) is 25.0 Å². The number of nitrogens with zero attached hydrogens (tertiary/aromatic N) is 1. The number of anilines is 1. The van der Waals surface area contributed by atoms with E-state index < -0.39 is 0 Å². The Morgan fingerprint density at radius 3 is 2.71 bits per heavy atom. The highest BCUT2D eigenvalue weighted by Gasteiger charge is 2.26. The summed E-state index contributed by atoms with van der Waals surface area (Å²) in [5.74, 6) is 0.577. The number of carbonyl (C=O) groups excluding carboxylic acids is 2. The highest BCUT2D eigenvalue weighted by Crippen LogP contribution is 2.30. The van der Waals surface area contributed by atoms with Crippen molar-refractivity contribution < 1.29 is 14.0 Å². The summed E-state index contributed by atoms with van der Waals surface area (Å²) in [6.45, 7) is 6.87. The van der Waals surface area contributed by atoms with Gasteiger partial charge in [0, 0.05) is 11.4 Å². The lowest BCUT2D eigenvalue weighted by molar-refractivity contribution is 0.0917. The molecule has 1 aliphatic rings. The van der Waals surface area contributed by atoms with Crippen molar-refractivity contribution in [1.82, 2.24) is 10.2 Å². The van der Waals surface area contributed by atoms with Gasteiger partial charge in [-0.3, -0.25) is 14.5 Å². The zero-order chi connectivity index (χ0) is 21.8. The van der Waals surface area contributed by atoms with Crippen LogP contribution in [0.25, 0.3) is 0 Å². The van der Waals surface area contributed by atoms with Gasteiger partial charge in [-0.25, -0.2) is 0 Å². The Hall–Kier alpha value is -2.42. The van der Waals surface area contributed by atoms with E-state index in [0.29, 0.717) is 16.4 Å². The molecule has 2 amide bonds. The molecule has 1 fully saturated rings. The van der Waals surface area contributed by atoms with Gasteiger partial charge >= 0.3 is 0 Å². The smallest absolute Gasteiger partial charge is 0.291 e. The molecule has 1 aliphatic heterocycles. The number of nitrogens with one attached hydrogen (secondary N) is 2. The lowest BCUT2D eigenvalue weighted by Crippen LogP contribution is -2.41. The largest absolute Gasteiger partial charge is 0.459 e. The van der Waals surface area contributed by atoms with Crippen molar-refractivity contribution in [3.05, 3.63) is 63.1 Å². The zero-order valence-corrected chi connectivity index (χ0v) is 19.4. The number of amides is 2. The summed E-state index contributed by atoms with van der Waals surface area (Å²) < 4.78 is 5.13. The molecule has 0 bridgehead atoms. The summed E-state index contributed by atoms with van der Waals surface area (Å²) in [6, 6.07) is 9.51. The van der Waals surface area contributed by atoms with Crippen LogP contribution in [0.1, 0.15) is 56.5 Å². The number of aryl methyl sites for hydroxylation is 1. The van der Waals surface area contributed by atoms with Gasteiger partial charge in [-0.1, -0.05) is 13.0 Å². The minimum Gasteiger partial charge on any atom is -0.459 e. The molecule has 164 valence electrons. The zero-order valence-electron chi connectivity index (χ0n) is 17.7. The lowest BCUT2D eigenvalue weighted by atomic mass is 9.97. The van der Waals surface area contributed by atoms with E-state index in [2.05, 4.69) is 40.0 Å². The van der Waals surface area contributed by atoms with Crippen LogP contribution in [0.15, 0.2) is 46.4 Å². The van der Waals surface area contributed by atoms with E-state index in [4.69, 9.17) is 4.42 Å². The third-order valence-corrected chi connectivity index (χ3v) is 7.82.